The van der Waals surface area contributed by atoms with Crippen LogP contribution in [0.3, 0.4) is 0 Å². The van der Waals surface area contributed by atoms with Gasteiger partial charge in [-0.05, 0) is 30.3 Å². The number of ether oxygens (including phenoxy) is 1. The number of rotatable bonds is 5. The van der Waals surface area contributed by atoms with E-state index in [0.29, 0.717) is 5.56 Å². The van der Waals surface area contributed by atoms with E-state index in [1.165, 1.54) is 6.07 Å². The number of nitrogens with two attached hydrogens (primary N) is 1. The molecule has 132 valence electrons. The summed E-state index contributed by atoms with van der Waals surface area (Å²) in [4.78, 5) is 23.7. The molecule has 9 heteroatoms. The number of benzene rings is 2. The van der Waals surface area contributed by atoms with Gasteiger partial charge in [-0.25, -0.2) is 9.18 Å². The molecular weight excluding hydrogens is 343 g/mol. The second-order valence-corrected chi connectivity index (χ2v) is 5.13. The van der Waals surface area contributed by atoms with E-state index in [4.69, 9.17) is 14.9 Å². The lowest BCUT2D eigenvalue weighted by molar-refractivity contribution is -0.119. The Bertz CT molecular complexity index is 943. The summed E-state index contributed by atoms with van der Waals surface area (Å²) < 4.78 is 23.1. The van der Waals surface area contributed by atoms with Crippen LogP contribution in [0.5, 0.6) is 0 Å². The summed E-state index contributed by atoms with van der Waals surface area (Å²) in [5.74, 6) is -1.88. The Hall–Kier alpha value is -3.75. The summed E-state index contributed by atoms with van der Waals surface area (Å²) in [6.07, 6.45) is 0. The van der Waals surface area contributed by atoms with E-state index in [2.05, 4.69) is 15.5 Å². The molecule has 8 nitrogen and oxygen atoms in total. The second kappa shape index (κ2) is 7.43. The third-order valence-corrected chi connectivity index (χ3v) is 3.26. The van der Waals surface area contributed by atoms with Crippen molar-refractivity contribution in [1.82, 2.24) is 10.2 Å². The number of anilines is 2. The zero-order valence-corrected chi connectivity index (χ0v) is 13.3. The highest BCUT2D eigenvalue weighted by atomic mass is 19.1. The van der Waals surface area contributed by atoms with Gasteiger partial charge in [0, 0.05) is 11.3 Å². The highest BCUT2D eigenvalue weighted by molar-refractivity contribution is 5.97. The number of nitrogens with one attached hydrogen (secondary N) is 1. The predicted molar refractivity (Wildman–Crippen MR) is 89.5 cm³/mol. The SMILES string of the molecule is Nc1cc(F)ccc1C(=O)OCC(=O)Nc1nnc(-c2ccccc2)o1. The maximum atomic E-state index is 13.0. The van der Waals surface area contributed by atoms with Crippen LogP contribution >= 0.6 is 0 Å². The maximum Gasteiger partial charge on any atom is 0.340 e. The number of aromatic nitrogens is 2. The van der Waals surface area contributed by atoms with Gasteiger partial charge in [-0.3, -0.25) is 10.1 Å². The number of esters is 1. The van der Waals surface area contributed by atoms with E-state index in [9.17, 15) is 14.0 Å². The van der Waals surface area contributed by atoms with Crippen molar-refractivity contribution in [3.05, 3.63) is 59.9 Å². The molecule has 0 atom stereocenters. The van der Waals surface area contributed by atoms with Crippen molar-refractivity contribution < 1.29 is 23.1 Å². The predicted octanol–water partition coefficient (Wildman–Crippen LogP) is 2.25. The number of nitrogen functional groups attached to an aromatic ring is 1. The van der Waals surface area contributed by atoms with Crippen LogP contribution in [0, 0.1) is 5.82 Å². The fourth-order valence-electron chi connectivity index (χ4n) is 2.05. The zero-order valence-electron chi connectivity index (χ0n) is 13.3. The molecule has 0 aliphatic carbocycles. The number of nitrogens with zero attached hydrogens (tertiary/aromatic N) is 2. The van der Waals surface area contributed by atoms with Gasteiger partial charge < -0.3 is 14.9 Å². The third kappa shape index (κ3) is 4.01. The molecule has 0 spiro atoms. The summed E-state index contributed by atoms with van der Waals surface area (Å²) in [7, 11) is 0. The third-order valence-electron chi connectivity index (χ3n) is 3.26. The van der Waals surface area contributed by atoms with Gasteiger partial charge in [0.2, 0.25) is 5.89 Å². The molecule has 0 bridgehead atoms. The van der Waals surface area contributed by atoms with Crippen molar-refractivity contribution in [1.29, 1.82) is 0 Å². The molecule has 0 saturated heterocycles. The number of hydrogen-bond acceptors (Lipinski definition) is 7. The van der Waals surface area contributed by atoms with Crippen LogP contribution in [0.25, 0.3) is 11.5 Å². The first kappa shape index (κ1) is 17.1. The van der Waals surface area contributed by atoms with Crippen LogP contribution in [0.15, 0.2) is 52.9 Å². The number of carbonyl (C=O) groups is 2. The van der Waals surface area contributed by atoms with Gasteiger partial charge in [-0.2, -0.15) is 0 Å². The standard InChI is InChI=1S/C17H13FN4O4/c18-11-6-7-12(13(19)8-11)16(24)25-9-14(23)20-17-22-21-15(26-17)10-4-2-1-3-5-10/h1-8H,9,19H2,(H,20,22,23). The summed E-state index contributed by atoms with van der Waals surface area (Å²) in [5, 5.41) is 9.82. The largest absolute Gasteiger partial charge is 0.452 e. The number of carbonyl (C=O) groups excluding carboxylic acids is 2. The molecule has 1 heterocycles. The molecule has 0 fully saturated rings. The number of hydrogen-bond donors (Lipinski definition) is 2. The van der Waals surface area contributed by atoms with Gasteiger partial charge in [0.05, 0.1) is 5.56 Å². The Labute approximate surface area is 146 Å². The fraction of sp³-hybridized carbons (Fsp3) is 0.0588. The first-order valence-corrected chi connectivity index (χ1v) is 7.44. The quantitative estimate of drug-likeness (QED) is 0.531. The summed E-state index contributed by atoms with van der Waals surface area (Å²) in [6, 6.07) is 12.1. The van der Waals surface area contributed by atoms with Gasteiger partial charge in [0.1, 0.15) is 5.82 Å². The molecule has 0 saturated carbocycles. The molecule has 0 unspecified atom stereocenters. The molecular formula is C17H13FN4O4. The Kier molecular flexibility index (Phi) is 4.88. The number of halogens is 1. The van der Waals surface area contributed by atoms with Crippen molar-refractivity contribution in [3.8, 4) is 11.5 Å². The molecule has 0 aliphatic heterocycles. The first-order valence-electron chi connectivity index (χ1n) is 7.44. The molecule has 0 radical (unpaired) electrons. The first-order chi connectivity index (χ1) is 12.5. The average molecular weight is 356 g/mol. The topological polar surface area (TPSA) is 120 Å². The van der Waals surface area contributed by atoms with E-state index >= 15 is 0 Å². The van der Waals surface area contributed by atoms with Crippen molar-refractivity contribution in [2.45, 2.75) is 0 Å². The van der Waals surface area contributed by atoms with Crippen LogP contribution in [-0.4, -0.2) is 28.7 Å². The minimum absolute atomic E-state index is 0.0386. The van der Waals surface area contributed by atoms with Gasteiger partial charge in [-0.1, -0.05) is 23.3 Å². The zero-order chi connectivity index (χ0) is 18.5. The Morgan fingerprint density at radius 3 is 2.65 bits per heavy atom. The molecule has 3 N–H and O–H groups in total. The van der Waals surface area contributed by atoms with Crippen molar-refractivity contribution in [2.24, 2.45) is 0 Å². The Balaban J connectivity index is 1.56. The van der Waals surface area contributed by atoms with E-state index in [1.54, 1.807) is 24.3 Å². The van der Waals surface area contributed by atoms with Crippen LogP contribution in [0.1, 0.15) is 10.4 Å². The molecule has 1 amide bonds. The fourth-order valence-corrected chi connectivity index (χ4v) is 2.05. The summed E-state index contributed by atoms with van der Waals surface area (Å²) in [5.41, 5.74) is 6.11. The van der Waals surface area contributed by atoms with E-state index < -0.39 is 24.3 Å². The van der Waals surface area contributed by atoms with Gasteiger partial charge in [0.25, 0.3) is 5.91 Å². The molecule has 0 aliphatic rings. The molecule has 2 aromatic carbocycles. The van der Waals surface area contributed by atoms with E-state index in [0.717, 1.165) is 12.1 Å². The second-order valence-electron chi connectivity index (χ2n) is 5.13. The lowest BCUT2D eigenvalue weighted by Crippen LogP contribution is -2.21. The van der Waals surface area contributed by atoms with Crippen molar-refractivity contribution in [2.75, 3.05) is 17.7 Å². The molecule has 1 aromatic heterocycles. The minimum atomic E-state index is -0.854. The van der Waals surface area contributed by atoms with Crippen molar-refractivity contribution >= 4 is 23.6 Å². The normalized spacial score (nSPS) is 10.3. The highest BCUT2D eigenvalue weighted by Gasteiger charge is 2.16. The van der Waals surface area contributed by atoms with Gasteiger partial charge in [-0.15, -0.1) is 5.10 Å². The summed E-state index contributed by atoms with van der Waals surface area (Å²) >= 11 is 0. The van der Waals surface area contributed by atoms with Crippen molar-refractivity contribution in [3.63, 3.8) is 0 Å². The lowest BCUT2D eigenvalue weighted by atomic mass is 10.2. The number of amides is 1. The lowest BCUT2D eigenvalue weighted by Gasteiger charge is -2.06. The maximum absolute atomic E-state index is 13.0. The monoisotopic (exact) mass is 356 g/mol. The van der Waals surface area contributed by atoms with E-state index in [1.807, 2.05) is 6.07 Å². The van der Waals surface area contributed by atoms with Crippen LogP contribution in [0.4, 0.5) is 16.1 Å². The molecule has 26 heavy (non-hydrogen) atoms. The van der Waals surface area contributed by atoms with Crippen LogP contribution in [-0.2, 0) is 9.53 Å². The van der Waals surface area contributed by atoms with Crippen LogP contribution in [0.2, 0.25) is 0 Å². The van der Waals surface area contributed by atoms with E-state index in [-0.39, 0.29) is 23.2 Å². The average Bonchev–Trinajstić information content (AvgIpc) is 3.09. The minimum Gasteiger partial charge on any atom is -0.452 e. The van der Waals surface area contributed by atoms with Gasteiger partial charge in [0.15, 0.2) is 6.61 Å². The Morgan fingerprint density at radius 1 is 1.15 bits per heavy atom. The summed E-state index contributed by atoms with van der Waals surface area (Å²) in [6.45, 7) is -0.599. The smallest absolute Gasteiger partial charge is 0.340 e. The van der Waals surface area contributed by atoms with Crippen LogP contribution < -0.4 is 11.1 Å². The highest BCUT2D eigenvalue weighted by Crippen LogP contribution is 2.19. The molecule has 3 rings (SSSR count). The molecule has 3 aromatic rings. The van der Waals surface area contributed by atoms with Gasteiger partial charge >= 0.3 is 12.0 Å². The Morgan fingerprint density at radius 2 is 1.92 bits per heavy atom.